The summed E-state index contributed by atoms with van der Waals surface area (Å²) >= 11 is 0. The van der Waals surface area contributed by atoms with Crippen LogP contribution in [-0.2, 0) is 0 Å². The molecule has 29 heavy (non-hydrogen) atoms. The van der Waals surface area contributed by atoms with Crippen LogP contribution in [0.1, 0.15) is 77.6 Å². The molecule has 4 rings (SSSR count). The Kier molecular flexibility index (Phi) is 6.96. The van der Waals surface area contributed by atoms with Gasteiger partial charge in [0.25, 0.3) is 0 Å². The third-order valence-electron chi connectivity index (χ3n) is 9.04. The summed E-state index contributed by atoms with van der Waals surface area (Å²) in [5.74, 6) is -0.626. The van der Waals surface area contributed by atoms with E-state index in [1.165, 1.54) is 0 Å². The molecule has 0 amide bonds. The Morgan fingerprint density at radius 3 is 1.52 bits per heavy atom. The van der Waals surface area contributed by atoms with Gasteiger partial charge in [0.2, 0.25) is 0 Å². The van der Waals surface area contributed by atoms with Crippen LogP contribution < -0.4 is 0 Å². The zero-order valence-electron chi connectivity index (χ0n) is 17.8. The van der Waals surface area contributed by atoms with Crippen LogP contribution in [0.3, 0.4) is 0 Å². The van der Waals surface area contributed by atoms with Crippen LogP contribution in [0.4, 0.5) is 17.6 Å². The second kappa shape index (κ2) is 9.30. The number of alkyl halides is 4. The van der Waals surface area contributed by atoms with Crippen molar-refractivity contribution >= 4 is 0 Å². The molecule has 0 spiro atoms. The predicted octanol–water partition coefficient (Wildman–Crippen LogP) is 7.57. The first-order valence-corrected chi connectivity index (χ1v) is 12.2. The molecule has 0 N–H and O–H groups in total. The average molecular weight is 415 g/mol. The van der Waals surface area contributed by atoms with Gasteiger partial charge < -0.3 is 0 Å². The van der Waals surface area contributed by atoms with Crippen LogP contribution >= 0.6 is 0 Å². The monoisotopic (exact) mass is 414 g/mol. The zero-order chi connectivity index (χ0) is 20.5. The first-order valence-electron chi connectivity index (χ1n) is 12.2. The molecule has 4 heteroatoms. The quantitative estimate of drug-likeness (QED) is 0.330. The number of allylic oxidation sites excluding steroid dienone is 2. The van der Waals surface area contributed by atoms with Gasteiger partial charge in [0.05, 0.1) is 0 Å². The van der Waals surface area contributed by atoms with Crippen LogP contribution in [0.25, 0.3) is 0 Å². The summed E-state index contributed by atoms with van der Waals surface area (Å²) < 4.78 is 60.5. The maximum absolute atomic E-state index is 15.2. The van der Waals surface area contributed by atoms with Gasteiger partial charge in [-0.25, -0.2) is 17.6 Å². The van der Waals surface area contributed by atoms with Crippen molar-refractivity contribution < 1.29 is 17.6 Å². The SMILES string of the molecule is CC1CCC(C2CCC(C3CCC(C4CC=CCC4)C(F)C3F)C(F)C2F)CC1. The molecule has 4 aliphatic rings. The molecule has 0 nitrogen and oxygen atoms in total. The summed E-state index contributed by atoms with van der Waals surface area (Å²) in [5, 5.41) is 0. The normalized spacial score (nSPS) is 51.7. The summed E-state index contributed by atoms with van der Waals surface area (Å²) in [4.78, 5) is 0. The summed E-state index contributed by atoms with van der Waals surface area (Å²) in [6.45, 7) is 2.23. The number of halogens is 4. The highest BCUT2D eigenvalue weighted by atomic mass is 19.2. The van der Waals surface area contributed by atoms with Crippen molar-refractivity contribution in [2.75, 3.05) is 0 Å². The molecule has 0 aromatic carbocycles. The van der Waals surface area contributed by atoms with Gasteiger partial charge in [0, 0.05) is 0 Å². The molecule has 3 fully saturated rings. The molecule has 4 aliphatic carbocycles. The van der Waals surface area contributed by atoms with E-state index in [1.807, 2.05) is 0 Å². The molecule has 0 aromatic rings. The largest absolute Gasteiger partial charge is 0.244 e. The topological polar surface area (TPSA) is 0 Å². The number of rotatable bonds is 3. The van der Waals surface area contributed by atoms with Crippen LogP contribution in [0.15, 0.2) is 12.2 Å². The maximum Gasteiger partial charge on any atom is 0.135 e. The van der Waals surface area contributed by atoms with Crippen LogP contribution in [0, 0.1) is 41.4 Å². The molecule has 0 aromatic heterocycles. The fourth-order valence-electron chi connectivity index (χ4n) is 7.16. The van der Waals surface area contributed by atoms with Gasteiger partial charge in [-0.05, 0) is 99.2 Å². The fourth-order valence-corrected chi connectivity index (χ4v) is 7.16. The second-order valence-corrected chi connectivity index (χ2v) is 10.7. The van der Waals surface area contributed by atoms with Crippen molar-refractivity contribution in [1.82, 2.24) is 0 Å². The Balaban J connectivity index is 1.37. The van der Waals surface area contributed by atoms with Gasteiger partial charge in [-0.2, -0.15) is 0 Å². The van der Waals surface area contributed by atoms with E-state index >= 15 is 17.6 Å². The molecule has 0 aliphatic heterocycles. The molecule has 9 unspecified atom stereocenters. The average Bonchev–Trinajstić information content (AvgIpc) is 2.74. The van der Waals surface area contributed by atoms with E-state index in [0.717, 1.165) is 44.9 Å². The lowest BCUT2D eigenvalue weighted by Gasteiger charge is -2.47. The second-order valence-electron chi connectivity index (χ2n) is 10.7. The summed E-state index contributed by atoms with van der Waals surface area (Å²) in [7, 11) is 0. The summed E-state index contributed by atoms with van der Waals surface area (Å²) in [6.07, 6.45) is 7.07. The van der Waals surface area contributed by atoms with E-state index in [4.69, 9.17) is 0 Å². The van der Waals surface area contributed by atoms with Gasteiger partial charge in [0.15, 0.2) is 0 Å². The van der Waals surface area contributed by atoms with Gasteiger partial charge in [-0.3, -0.25) is 0 Å². The molecule has 0 heterocycles. The lowest BCUT2D eigenvalue weighted by molar-refractivity contribution is -0.0795. The molecule has 3 saturated carbocycles. The Morgan fingerprint density at radius 1 is 0.517 bits per heavy atom. The molecular formula is C25H38F4. The molecule has 0 bridgehead atoms. The van der Waals surface area contributed by atoms with E-state index in [-0.39, 0.29) is 23.7 Å². The smallest absolute Gasteiger partial charge is 0.135 e. The van der Waals surface area contributed by atoms with Crippen LogP contribution in [-0.4, -0.2) is 24.7 Å². The van der Waals surface area contributed by atoms with Gasteiger partial charge in [0.1, 0.15) is 24.7 Å². The van der Waals surface area contributed by atoms with Crippen molar-refractivity contribution in [1.29, 1.82) is 0 Å². The minimum Gasteiger partial charge on any atom is -0.244 e. The highest BCUT2D eigenvalue weighted by molar-refractivity contribution is 5.02. The molecule has 0 saturated heterocycles. The number of hydrogen-bond acceptors (Lipinski definition) is 0. The molecule has 9 atom stereocenters. The van der Waals surface area contributed by atoms with Crippen molar-refractivity contribution in [3.05, 3.63) is 12.2 Å². The molecule has 0 radical (unpaired) electrons. The number of hydrogen-bond donors (Lipinski definition) is 0. The van der Waals surface area contributed by atoms with Crippen LogP contribution in [0.2, 0.25) is 0 Å². The van der Waals surface area contributed by atoms with E-state index < -0.39 is 36.5 Å². The van der Waals surface area contributed by atoms with Gasteiger partial charge in [-0.1, -0.05) is 31.9 Å². The fraction of sp³-hybridized carbons (Fsp3) is 0.920. The minimum absolute atomic E-state index is 0.203. The van der Waals surface area contributed by atoms with Crippen molar-refractivity contribution in [2.45, 2.75) is 102 Å². The van der Waals surface area contributed by atoms with Crippen LogP contribution in [0.5, 0.6) is 0 Å². The van der Waals surface area contributed by atoms with Gasteiger partial charge >= 0.3 is 0 Å². The highest BCUT2D eigenvalue weighted by Gasteiger charge is 2.52. The Labute approximate surface area is 173 Å². The Hall–Kier alpha value is -0.540. The zero-order valence-corrected chi connectivity index (χ0v) is 17.8. The third-order valence-corrected chi connectivity index (χ3v) is 9.04. The molecular weight excluding hydrogens is 376 g/mol. The van der Waals surface area contributed by atoms with E-state index in [9.17, 15) is 0 Å². The van der Waals surface area contributed by atoms with E-state index in [0.29, 0.717) is 31.6 Å². The van der Waals surface area contributed by atoms with Gasteiger partial charge in [-0.15, -0.1) is 0 Å². The summed E-state index contributed by atoms with van der Waals surface area (Å²) in [5.41, 5.74) is 0. The maximum atomic E-state index is 15.2. The predicted molar refractivity (Wildman–Crippen MR) is 110 cm³/mol. The summed E-state index contributed by atoms with van der Waals surface area (Å²) in [6, 6.07) is 0. The first-order chi connectivity index (χ1) is 14.0. The van der Waals surface area contributed by atoms with E-state index in [2.05, 4.69) is 19.1 Å². The van der Waals surface area contributed by atoms with Crippen molar-refractivity contribution in [3.8, 4) is 0 Å². The van der Waals surface area contributed by atoms with E-state index in [1.54, 1.807) is 0 Å². The standard InChI is InChI=1S/C25H38F4/c1-15-7-9-17(10-8-15)19-12-14-21(25(29)23(19)27)20-13-11-18(22(26)24(20)28)16-5-3-2-4-6-16/h2-3,15-25H,4-14H2,1H3. The van der Waals surface area contributed by atoms with Crippen molar-refractivity contribution in [2.24, 2.45) is 41.4 Å². The lowest BCUT2D eigenvalue weighted by atomic mass is 9.61. The third kappa shape index (κ3) is 4.42. The van der Waals surface area contributed by atoms with Crippen molar-refractivity contribution in [3.63, 3.8) is 0 Å². The lowest BCUT2D eigenvalue weighted by Crippen LogP contribution is -2.50. The Morgan fingerprint density at radius 2 is 1.00 bits per heavy atom. The minimum atomic E-state index is -1.64. The molecule has 166 valence electrons. The Bertz CT molecular complexity index is 555. The highest BCUT2D eigenvalue weighted by Crippen LogP contribution is 2.50. The first kappa shape index (κ1) is 21.7.